The van der Waals surface area contributed by atoms with Gasteiger partial charge in [0.1, 0.15) is 11.5 Å². The maximum atomic E-state index is 5.78. The molecule has 5 heteroatoms. The molecule has 0 spiro atoms. The summed E-state index contributed by atoms with van der Waals surface area (Å²) in [5.74, 6) is 2.07. The van der Waals surface area contributed by atoms with Crippen LogP contribution in [0.25, 0.3) is 11.1 Å². The topological polar surface area (TPSA) is 70.5 Å². The van der Waals surface area contributed by atoms with Gasteiger partial charge in [0, 0.05) is 11.6 Å². The van der Waals surface area contributed by atoms with Gasteiger partial charge in [-0.25, -0.2) is 0 Å². The van der Waals surface area contributed by atoms with Gasteiger partial charge >= 0.3 is 0 Å². The van der Waals surface area contributed by atoms with Gasteiger partial charge in [0.05, 0.1) is 26.0 Å². The van der Waals surface area contributed by atoms with E-state index in [4.69, 9.17) is 19.7 Å². The SMILES string of the molecule is COc1cc(OC)c(C(C)C)cc1-c1cnoc1N. The Bertz CT molecular complexity index is 576. The molecule has 2 aromatic rings. The molecule has 0 aliphatic rings. The molecule has 0 aliphatic carbocycles. The van der Waals surface area contributed by atoms with Crippen molar-refractivity contribution in [2.24, 2.45) is 0 Å². The van der Waals surface area contributed by atoms with Gasteiger partial charge in [-0.2, -0.15) is 0 Å². The van der Waals surface area contributed by atoms with Crippen molar-refractivity contribution < 1.29 is 14.0 Å². The zero-order chi connectivity index (χ0) is 14.0. The van der Waals surface area contributed by atoms with E-state index in [1.807, 2.05) is 12.1 Å². The molecule has 0 saturated heterocycles. The molecule has 0 atom stereocenters. The van der Waals surface area contributed by atoms with Gasteiger partial charge < -0.3 is 19.7 Å². The number of hydrogen-bond donors (Lipinski definition) is 1. The third kappa shape index (κ3) is 2.36. The fourth-order valence-corrected chi connectivity index (χ4v) is 2.04. The Morgan fingerprint density at radius 1 is 1.11 bits per heavy atom. The van der Waals surface area contributed by atoms with Crippen molar-refractivity contribution in [3.05, 3.63) is 23.9 Å². The summed E-state index contributed by atoms with van der Waals surface area (Å²) in [4.78, 5) is 0. The Hall–Kier alpha value is -2.17. The molecule has 0 saturated carbocycles. The largest absolute Gasteiger partial charge is 0.496 e. The standard InChI is InChI=1S/C14H18N2O3/c1-8(2)9-5-10(11-7-16-19-14(11)15)13(18-4)6-12(9)17-3/h5-8H,15H2,1-4H3. The van der Waals surface area contributed by atoms with E-state index in [9.17, 15) is 0 Å². The number of anilines is 1. The van der Waals surface area contributed by atoms with Crippen molar-refractivity contribution in [1.29, 1.82) is 0 Å². The van der Waals surface area contributed by atoms with Gasteiger partial charge in [0.2, 0.25) is 5.88 Å². The first kappa shape index (κ1) is 13.3. The minimum Gasteiger partial charge on any atom is -0.496 e. The number of hydrogen-bond acceptors (Lipinski definition) is 5. The van der Waals surface area contributed by atoms with Gasteiger partial charge in [0.25, 0.3) is 0 Å². The van der Waals surface area contributed by atoms with E-state index in [0.29, 0.717) is 11.7 Å². The summed E-state index contributed by atoms with van der Waals surface area (Å²) >= 11 is 0. The summed E-state index contributed by atoms with van der Waals surface area (Å²) in [6.07, 6.45) is 1.59. The number of nitrogens with zero attached hydrogens (tertiary/aromatic N) is 1. The zero-order valence-electron chi connectivity index (χ0n) is 11.6. The first-order valence-electron chi connectivity index (χ1n) is 6.05. The Morgan fingerprint density at radius 3 is 2.26 bits per heavy atom. The first-order chi connectivity index (χ1) is 9.08. The summed E-state index contributed by atoms with van der Waals surface area (Å²) in [7, 11) is 3.26. The Kier molecular flexibility index (Phi) is 3.64. The molecule has 1 aromatic heterocycles. The molecular weight excluding hydrogens is 244 g/mol. The third-order valence-electron chi connectivity index (χ3n) is 3.06. The number of rotatable bonds is 4. The highest BCUT2D eigenvalue weighted by Crippen LogP contribution is 2.40. The second-order valence-corrected chi connectivity index (χ2v) is 4.55. The van der Waals surface area contributed by atoms with E-state index in [-0.39, 0.29) is 5.88 Å². The van der Waals surface area contributed by atoms with Crippen LogP contribution in [0.3, 0.4) is 0 Å². The molecule has 2 rings (SSSR count). The van der Waals surface area contributed by atoms with Crippen LogP contribution in [0.5, 0.6) is 11.5 Å². The Balaban J connectivity index is 2.66. The Morgan fingerprint density at radius 2 is 1.79 bits per heavy atom. The number of nitrogens with two attached hydrogens (primary N) is 1. The van der Waals surface area contributed by atoms with Crippen LogP contribution in [0, 0.1) is 0 Å². The van der Waals surface area contributed by atoms with Gasteiger partial charge in [0.15, 0.2) is 0 Å². The molecule has 2 N–H and O–H groups in total. The molecule has 0 unspecified atom stereocenters. The normalized spacial score (nSPS) is 10.8. The lowest BCUT2D eigenvalue weighted by Gasteiger charge is -2.16. The molecule has 0 bridgehead atoms. The Labute approximate surface area is 112 Å². The van der Waals surface area contributed by atoms with Crippen LogP contribution >= 0.6 is 0 Å². The highest BCUT2D eigenvalue weighted by molar-refractivity contribution is 5.78. The second kappa shape index (κ2) is 5.22. The van der Waals surface area contributed by atoms with Crippen molar-refractivity contribution >= 4 is 5.88 Å². The number of aromatic nitrogens is 1. The van der Waals surface area contributed by atoms with Crippen LogP contribution in [-0.4, -0.2) is 19.4 Å². The highest BCUT2D eigenvalue weighted by Gasteiger charge is 2.18. The quantitative estimate of drug-likeness (QED) is 0.916. The maximum Gasteiger partial charge on any atom is 0.230 e. The van der Waals surface area contributed by atoms with Crippen molar-refractivity contribution in [2.75, 3.05) is 20.0 Å². The maximum absolute atomic E-state index is 5.78. The zero-order valence-corrected chi connectivity index (χ0v) is 11.6. The monoisotopic (exact) mass is 262 g/mol. The first-order valence-corrected chi connectivity index (χ1v) is 6.05. The van der Waals surface area contributed by atoms with Crippen molar-refractivity contribution in [3.63, 3.8) is 0 Å². The summed E-state index contributed by atoms with van der Waals surface area (Å²) in [6.45, 7) is 4.20. The fourth-order valence-electron chi connectivity index (χ4n) is 2.04. The average molecular weight is 262 g/mol. The van der Waals surface area contributed by atoms with Crippen LogP contribution in [0.4, 0.5) is 5.88 Å². The van der Waals surface area contributed by atoms with E-state index in [0.717, 1.165) is 22.4 Å². The minimum atomic E-state index is 0.276. The molecule has 1 heterocycles. The lowest BCUT2D eigenvalue weighted by atomic mass is 9.96. The van der Waals surface area contributed by atoms with Crippen LogP contribution < -0.4 is 15.2 Å². The van der Waals surface area contributed by atoms with Gasteiger partial charge in [-0.15, -0.1) is 0 Å². The third-order valence-corrected chi connectivity index (χ3v) is 3.06. The molecule has 0 fully saturated rings. The molecule has 5 nitrogen and oxygen atoms in total. The predicted octanol–water partition coefficient (Wildman–Crippen LogP) is 3.06. The van der Waals surface area contributed by atoms with Crippen LogP contribution in [0.15, 0.2) is 22.9 Å². The number of benzene rings is 1. The van der Waals surface area contributed by atoms with Crippen molar-refractivity contribution in [2.45, 2.75) is 19.8 Å². The molecule has 102 valence electrons. The second-order valence-electron chi connectivity index (χ2n) is 4.55. The summed E-state index contributed by atoms with van der Waals surface area (Å²) in [5, 5.41) is 3.70. The van der Waals surface area contributed by atoms with Gasteiger partial charge in [-0.05, 0) is 17.5 Å². The molecule has 0 aliphatic heterocycles. The molecule has 19 heavy (non-hydrogen) atoms. The van der Waals surface area contributed by atoms with E-state index >= 15 is 0 Å². The summed E-state index contributed by atoms with van der Waals surface area (Å²) in [5.41, 5.74) is 8.44. The number of ether oxygens (including phenoxy) is 2. The van der Waals surface area contributed by atoms with E-state index < -0.39 is 0 Å². The lowest BCUT2D eigenvalue weighted by molar-refractivity contribution is 0.390. The van der Waals surface area contributed by atoms with Crippen LogP contribution in [0.1, 0.15) is 25.3 Å². The molecule has 0 amide bonds. The smallest absolute Gasteiger partial charge is 0.230 e. The van der Waals surface area contributed by atoms with E-state index in [1.165, 1.54) is 0 Å². The summed E-state index contributed by atoms with van der Waals surface area (Å²) in [6, 6.07) is 3.86. The fraction of sp³-hybridized carbons (Fsp3) is 0.357. The molecular formula is C14H18N2O3. The van der Waals surface area contributed by atoms with E-state index in [1.54, 1.807) is 20.4 Å². The van der Waals surface area contributed by atoms with Crippen molar-refractivity contribution in [1.82, 2.24) is 5.16 Å². The number of methoxy groups -OCH3 is 2. The highest BCUT2D eigenvalue weighted by atomic mass is 16.5. The molecule has 0 radical (unpaired) electrons. The van der Waals surface area contributed by atoms with Gasteiger partial charge in [-0.1, -0.05) is 19.0 Å². The number of nitrogen functional groups attached to an aromatic ring is 1. The van der Waals surface area contributed by atoms with E-state index in [2.05, 4.69) is 19.0 Å². The lowest BCUT2D eigenvalue weighted by Crippen LogP contribution is -1.98. The van der Waals surface area contributed by atoms with Crippen LogP contribution in [0.2, 0.25) is 0 Å². The predicted molar refractivity (Wildman–Crippen MR) is 73.5 cm³/mol. The van der Waals surface area contributed by atoms with Crippen LogP contribution in [-0.2, 0) is 0 Å². The average Bonchev–Trinajstić information content (AvgIpc) is 2.83. The minimum absolute atomic E-state index is 0.276. The van der Waals surface area contributed by atoms with Crippen molar-refractivity contribution in [3.8, 4) is 22.6 Å². The summed E-state index contributed by atoms with van der Waals surface area (Å²) < 4.78 is 15.7. The molecule has 1 aromatic carbocycles. The van der Waals surface area contributed by atoms with Gasteiger partial charge in [-0.3, -0.25) is 0 Å².